The molecule has 2 aromatic carbocycles. The summed E-state index contributed by atoms with van der Waals surface area (Å²) in [7, 11) is 0. The normalized spacial score (nSPS) is 11.0. The minimum Gasteiger partial charge on any atom is -0.372 e. The Balaban J connectivity index is 1.83. The van der Waals surface area contributed by atoms with Crippen molar-refractivity contribution >= 4 is 52.9 Å². The lowest BCUT2D eigenvalue weighted by Crippen LogP contribution is -2.39. The average molecular weight is 432 g/mol. The zero-order chi connectivity index (χ0) is 21.2. The molecule has 2 amide bonds. The summed E-state index contributed by atoms with van der Waals surface area (Å²) >= 11 is 11.8. The number of hydrogen-bond donors (Lipinski definition) is 2. The molecule has 5 nitrogen and oxygen atoms in total. The van der Waals surface area contributed by atoms with Crippen LogP contribution in [0.4, 0.5) is 5.69 Å². The van der Waals surface area contributed by atoms with Crippen LogP contribution in [0.25, 0.3) is 12.2 Å². The highest BCUT2D eigenvalue weighted by Crippen LogP contribution is 2.23. The fourth-order valence-corrected chi connectivity index (χ4v) is 2.86. The van der Waals surface area contributed by atoms with Crippen LogP contribution in [0.2, 0.25) is 10.0 Å². The summed E-state index contributed by atoms with van der Waals surface area (Å²) in [4.78, 5) is 25.9. The van der Waals surface area contributed by atoms with E-state index in [0.717, 1.165) is 24.3 Å². The highest BCUT2D eigenvalue weighted by molar-refractivity contribution is 6.42. The molecule has 0 atom stereocenters. The molecule has 0 heterocycles. The molecule has 0 unspecified atom stereocenters. The molecule has 0 saturated carbocycles. The van der Waals surface area contributed by atoms with E-state index >= 15 is 0 Å². The van der Waals surface area contributed by atoms with E-state index in [1.165, 1.54) is 12.2 Å². The second-order valence-electron chi connectivity index (χ2n) is 6.08. The number of benzene rings is 2. The summed E-state index contributed by atoms with van der Waals surface area (Å²) in [5.41, 5.74) is 7.38. The van der Waals surface area contributed by atoms with Gasteiger partial charge in [0.05, 0.1) is 10.0 Å². The molecule has 0 aromatic heterocycles. The number of halogens is 2. The van der Waals surface area contributed by atoms with E-state index in [2.05, 4.69) is 29.6 Å². The van der Waals surface area contributed by atoms with Gasteiger partial charge in [0.1, 0.15) is 0 Å². The van der Waals surface area contributed by atoms with Crippen LogP contribution in [0.3, 0.4) is 0 Å². The van der Waals surface area contributed by atoms with Crippen LogP contribution in [0.15, 0.2) is 54.6 Å². The maximum atomic E-state index is 11.9. The fourth-order valence-electron chi connectivity index (χ4n) is 2.55. The maximum Gasteiger partial charge on any atom is 0.262 e. The molecule has 0 aliphatic rings. The van der Waals surface area contributed by atoms with Crippen molar-refractivity contribution in [2.45, 2.75) is 13.8 Å². The lowest BCUT2D eigenvalue weighted by atomic mass is 10.2. The van der Waals surface area contributed by atoms with Gasteiger partial charge >= 0.3 is 0 Å². The monoisotopic (exact) mass is 431 g/mol. The van der Waals surface area contributed by atoms with Crippen molar-refractivity contribution in [1.29, 1.82) is 0 Å². The van der Waals surface area contributed by atoms with Crippen LogP contribution >= 0.6 is 23.2 Å². The van der Waals surface area contributed by atoms with E-state index in [1.807, 2.05) is 24.3 Å². The van der Waals surface area contributed by atoms with Crippen LogP contribution in [0.1, 0.15) is 25.0 Å². The Kier molecular flexibility index (Phi) is 8.77. The quantitative estimate of drug-likeness (QED) is 0.492. The minimum atomic E-state index is -0.471. The summed E-state index contributed by atoms with van der Waals surface area (Å²) < 4.78 is 0. The van der Waals surface area contributed by atoms with Gasteiger partial charge < -0.3 is 4.90 Å². The van der Waals surface area contributed by atoms with Crippen molar-refractivity contribution in [3.05, 3.63) is 75.8 Å². The van der Waals surface area contributed by atoms with Crippen molar-refractivity contribution in [3.8, 4) is 0 Å². The fraction of sp³-hybridized carbons (Fsp3) is 0.182. The SMILES string of the molecule is CCN(CC)c1ccc(/C=C/C(=O)NNC(=O)/C=C/c2ccc(Cl)c(Cl)c2)cc1. The summed E-state index contributed by atoms with van der Waals surface area (Å²) in [6.45, 7) is 6.09. The van der Waals surface area contributed by atoms with Gasteiger partial charge in [-0.05, 0) is 61.4 Å². The van der Waals surface area contributed by atoms with Gasteiger partial charge in [0.25, 0.3) is 11.8 Å². The molecule has 2 aromatic rings. The van der Waals surface area contributed by atoms with Crippen molar-refractivity contribution in [2.24, 2.45) is 0 Å². The third kappa shape index (κ3) is 7.29. The molecule has 0 saturated heterocycles. The Morgan fingerprint density at radius 2 is 1.34 bits per heavy atom. The van der Waals surface area contributed by atoms with E-state index in [4.69, 9.17) is 23.2 Å². The predicted molar refractivity (Wildman–Crippen MR) is 121 cm³/mol. The second-order valence-corrected chi connectivity index (χ2v) is 6.90. The molecule has 0 radical (unpaired) electrons. The number of anilines is 1. The summed E-state index contributed by atoms with van der Waals surface area (Å²) in [6.07, 6.45) is 5.89. The van der Waals surface area contributed by atoms with Gasteiger partial charge in [0, 0.05) is 30.9 Å². The van der Waals surface area contributed by atoms with E-state index < -0.39 is 11.8 Å². The van der Waals surface area contributed by atoms with E-state index in [-0.39, 0.29) is 0 Å². The number of amides is 2. The molecule has 29 heavy (non-hydrogen) atoms. The van der Waals surface area contributed by atoms with Crippen LogP contribution in [0.5, 0.6) is 0 Å². The number of nitrogens with one attached hydrogen (secondary N) is 2. The average Bonchev–Trinajstić information content (AvgIpc) is 2.73. The lowest BCUT2D eigenvalue weighted by Gasteiger charge is -2.20. The van der Waals surface area contributed by atoms with Gasteiger partial charge in [-0.2, -0.15) is 0 Å². The minimum absolute atomic E-state index is 0.401. The predicted octanol–water partition coefficient (Wildman–Crippen LogP) is 4.71. The van der Waals surface area contributed by atoms with Crippen LogP contribution in [0, 0.1) is 0 Å². The molecule has 0 fully saturated rings. The molecule has 7 heteroatoms. The molecule has 0 aliphatic carbocycles. The first kappa shape index (κ1) is 22.5. The first-order valence-electron chi connectivity index (χ1n) is 9.19. The molecule has 0 aliphatic heterocycles. The highest BCUT2D eigenvalue weighted by Gasteiger charge is 2.02. The zero-order valence-corrected chi connectivity index (χ0v) is 17.8. The van der Waals surface area contributed by atoms with Crippen molar-refractivity contribution in [3.63, 3.8) is 0 Å². The molecule has 152 valence electrons. The Labute approximate surface area is 181 Å². The molecule has 2 N–H and O–H groups in total. The largest absolute Gasteiger partial charge is 0.372 e. The topological polar surface area (TPSA) is 61.4 Å². The van der Waals surface area contributed by atoms with Gasteiger partial charge in [-0.1, -0.05) is 41.4 Å². The van der Waals surface area contributed by atoms with Crippen LogP contribution in [-0.2, 0) is 9.59 Å². The van der Waals surface area contributed by atoms with Gasteiger partial charge in [-0.25, -0.2) is 0 Å². The highest BCUT2D eigenvalue weighted by atomic mass is 35.5. The van der Waals surface area contributed by atoms with Crippen molar-refractivity contribution in [1.82, 2.24) is 10.9 Å². The van der Waals surface area contributed by atoms with Crippen molar-refractivity contribution < 1.29 is 9.59 Å². The van der Waals surface area contributed by atoms with Gasteiger partial charge in [0.15, 0.2) is 0 Å². The Morgan fingerprint density at radius 1 is 0.828 bits per heavy atom. The van der Waals surface area contributed by atoms with E-state index in [1.54, 1.807) is 30.4 Å². The molecule has 2 rings (SSSR count). The smallest absolute Gasteiger partial charge is 0.262 e. The standard InChI is InChI=1S/C22H23Cl2N3O2/c1-3-27(4-2)18-10-5-16(6-11-18)8-13-21(28)25-26-22(29)14-9-17-7-12-19(23)20(24)15-17/h5-15H,3-4H2,1-2H3,(H,25,28)(H,26,29)/b13-8+,14-9+. The Bertz CT molecular complexity index is 905. The van der Waals surface area contributed by atoms with E-state index in [0.29, 0.717) is 15.6 Å². The molecular weight excluding hydrogens is 409 g/mol. The number of carbonyl (C=O) groups is 2. The Morgan fingerprint density at radius 3 is 1.86 bits per heavy atom. The van der Waals surface area contributed by atoms with Gasteiger partial charge in [0.2, 0.25) is 0 Å². The summed E-state index contributed by atoms with van der Waals surface area (Å²) in [5.74, 6) is -0.907. The molecule has 0 spiro atoms. The van der Waals surface area contributed by atoms with Crippen molar-refractivity contribution in [2.75, 3.05) is 18.0 Å². The number of rotatable bonds is 7. The van der Waals surface area contributed by atoms with Gasteiger partial charge in [-0.15, -0.1) is 0 Å². The number of hydrogen-bond acceptors (Lipinski definition) is 3. The first-order valence-corrected chi connectivity index (χ1v) is 9.94. The summed E-state index contributed by atoms with van der Waals surface area (Å²) in [5, 5.41) is 0.841. The van der Waals surface area contributed by atoms with Crippen LogP contribution in [-0.4, -0.2) is 24.9 Å². The zero-order valence-electron chi connectivity index (χ0n) is 16.3. The lowest BCUT2D eigenvalue weighted by molar-refractivity contribution is -0.123. The summed E-state index contributed by atoms with van der Waals surface area (Å²) in [6, 6.07) is 12.9. The maximum absolute atomic E-state index is 11.9. The third-order valence-corrected chi connectivity index (χ3v) is 4.87. The number of nitrogens with zero attached hydrogens (tertiary/aromatic N) is 1. The first-order chi connectivity index (χ1) is 13.9. The molecular formula is C22H23Cl2N3O2. The van der Waals surface area contributed by atoms with Crippen LogP contribution < -0.4 is 15.8 Å². The Hall–Kier alpha value is -2.76. The van der Waals surface area contributed by atoms with Gasteiger partial charge in [-0.3, -0.25) is 20.4 Å². The molecule has 0 bridgehead atoms. The number of hydrazine groups is 1. The van der Waals surface area contributed by atoms with E-state index in [9.17, 15) is 9.59 Å². The number of carbonyl (C=O) groups excluding carboxylic acids is 2. The third-order valence-electron chi connectivity index (χ3n) is 4.13. The second kappa shape index (κ2) is 11.3.